The molecular formula is C8H16BN2O. The zero-order valence-electron chi connectivity index (χ0n) is 7.75. The second-order valence-corrected chi connectivity index (χ2v) is 3.57. The van der Waals surface area contributed by atoms with Gasteiger partial charge in [0.2, 0.25) is 0 Å². The number of hydrogen-bond acceptors (Lipinski definition) is 3. The van der Waals surface area contributed by atoms with Gasteiger partial charge in [-0.15, -0.1) is 0 Å². The first kappa shape index (κ1) is 9.58. The first-order chi connectivity index (χ1) is 5.63. The Morgan fingerprint density at radius 3 is 2.75 bits per heavy atom. The Balaban J connectivity index is 2.60. The Kier molecular flexibility index (Phi) is 3.15. The van der Waals surface area contributed by atoms with Crippen molar-refractivity contribution in [2.24, 2.45) is 5.92 Å². The predicted octanol–water partition coefficient (Wildman–Crippen LogP) is -0.455. The predicted molar refractivity (Wildman–Crippen MR) is 50.9 cm³/mol. The molecule has 1 rings (SSSR count). The van der Waals surface area contributed by atoms with Crippen LogP contribution in [0.3, 0.4) is 0 Å². The fourth-order valence-corrected chi connectivity index (χ4v) is 1.61. The Morgan fingerprint density at radius 1 is 1.67 bits per heavy atom. The molecule has 0 unspecified atom stereocenters. The molecule has 3 nitrogen and oxygen atoms in total. The zero-order chi connectivity index (χ0) is 9.14. The Morgan fingerprint density at radius 2 is 2.33 bits per heavy atom. The van der Waals surface area contributed by atoms with Crippen LogP contribution in [0.25, 0.3) is 0 Å². The topological polar surface area (TPSA) is 35.5 Å². The van der Waals surface area contributed by atoms with E-state index in [1.807, 2.05) is 4.90 Å². The van der Waals surface area contributed by atoms with Crippen molar-refractivity contribution in [2.75, 3.05) is 19.6 Å². The van der Waals surface area contributed by atoms with E-state index in [0.29, 0.717) is 12.0 Å². The van der Waals surface area contributed by atoms with E-state index in [1.165, 1.54) is 0 Å². The third-order valence-corrected chi connectivity index (χ3v) is 2.35. The van der Waals surface area contributed by atoms with Crippen molar-refractivity contribution in [1.82, 2.24) is 10.2 Å². The summed E-state index contributed by atoms with van der Waals surface area (Å²) in [6.45, 7) is 6.86. The van der Waals surface area contributed by atoms with Crippen LogP contribution in [0.1, 0.15) is 13.8 Å². The summed E-state index contributed by atoms with van der Waals surface area (Å²) < 4.78 is 0. The van der Waals surface area contributed by atoms with Gasteiger partial charge in [-0.25, -0.2) is 0 Å². The van der Waals surface area contributed by atoms with Crippen molar-refractivity contribution in [3.8, 4) is 0 Å². The standard InChI is InChI=1S/C8H16BN2O/c1-6(2)7-5-10-3-4-11(7)8(9)12/h6-7,10,12H,3-5H2,1-2H3/t7-/m1/s1. The van der Waals surface area contributed by atoms with Gasteiger partial charge in [0.15, 0.2) is 0 Å². The molecule has 0 aromatic rings. The molecule has 0 aromatic carbocycles. The third kappa shape index (κ3) is 2.00. The third-order valence-electron chi connectivity index (χ3n) is 2.35. The summed E-state index contributed by atoms with van der Waals surface area (Å²) in [5.74, 6) is 0.457. The zero-order valence-corrected chi connectivity index (χ0v) is 7.75. The van der Waals surface area contributed by atoms with E-state index in [-0.39, 0.29) is 5.77 Å². The average Bonchev–Trinajstić information content (AvgIpc) is 2.04. The summed E-state index contributed by atoms with van der Waals surface area (Å²) in [4.78, 5) is 1.86. The van der Waals surface area contributed by atoms with Crippen LogP contribution >= 0.6 is 0 Å². The SMILES string of the molecule is [B]=C(O)N1CCNC[C@@H]1C(C)C. The molecule has 67 valence electrons. The number of nitrogens with one attached hydrogen (secondary N) is 1. The molecule has 1 atom stereocenters. The van der Waals surface area contributed by atoms with Crippen LogP contribution in [0, 0.1) is 5.92 Å². The molecule has 0 aliphatic carbocycles. The van der Waals surface area contributed by atoms with Crippen LogP contribution in [0.15, 0.2) is 0 Å². The molecule has 1 radical (unpaired) electrons. The van der Waals surface area contributed by atoms with Crippen molar-refractivity contribution in [3.05, 3.63) is 0 Å². The van der Waals surface area contributed by atoms with Crippen LogP contribution in [0.2, 0.25) is 0 Å². The van der Waals surface area contributed by atoms with Gasteiger partial charge >= 0.3 is 74.0 Å². The second kappa shape index (κ2) is 3.94. The number of piperazine rings is 1. The molecule has 1 heterocycles. The Labute approximate surface area is 74.8 Å². The van der Waals surface area contributed by atoms with Gasteiger partial charge in [0.05, 0.1) is 0 Å². The molecular weight excluding hydrogens is 151 g/mol. The van der Waals surface area contributed by atoms with E-state index in [1.54, 1.807) is 0 Å². The molecule has 0 bridgehead atoms. The summed E-state index contributed by atoms with van der Waals surface area (Å²) in [6.07, 6.45) is 0. The summed E-state index contributed by atoms with van der Waals surface area (Å²) >= 11 is 0. The number of aliphatic hydroxyl groups excluding tert-OH is 1. The first-order valence-electron chi connectivity index (χ1n) is 4.41. The van der Waals surface area contributed by atoms with Crippen LogP contribution in [0.5, 0.6) is 0 Å². The van der Waals surface area contributed by atoms with Gasteiger partial charge in [0.1, 0.15) is 0 Å². The van der Waals surface area contributed by atoms with Gasteiger partial charge in [-0.3, -0.25) is 0 Å². The molecule has 0 saturated carbocycles. The van der Waals surface area contributed by atoms with Crippen molar-refractivity contribution in [1.29, 1.82) is 0 Å². The van der Waals surface area contributed by atoms with Gasteiger partial charge in [-0.2, -0.15) is 0 Å². The molecule has 0 spiro atoms. The molecule has 2 N–H and O–H groups in total. The van der Waals surface area contributed by atoms with Crippen LogP contribution in [-0.2, 0) is 0 Å². The van der Waals surface area contributed by atoms with E-state index in [0.717, 1.165) is 19.6 Å². The first-order valence-corrected chi connectivity index (χ1v) is 4.41. The van der Waals surface area contributed by atoms with E-state index in [2.05, 4.69) is 19.2 Å². The fraction of sp³-hybridized carbons (Fsp3) is 0.875. The Hall–Kier alpha value is -0.505. The summed E-state index contributed by atoms with van der Waals surface area (Å²) in [5, 5.41) is 12.5. The number of hydrogen-bond donors (Lipinski definition) is 2. The van der Waals surface area contributed by atoms with E-state index < -0.39 is 0 Å². The van der Waals surface area contributed by atoms with Crippen LogP contribution in [0.4, 0.5) is 0 Å². The molecule has 0 amide bonds. The van der Waals surface area contributed by atoms with Crippen LogP contribution in [-0.4, -0.2) is 48.9 Å². The molecule has 1 aliphatic heterocycles. The number of rotatable bonds is 2. The molecule has 4 heteroatoms. The maximum absolute atomic E-state index is 9.19. The van der Waals surface area contributed by atoms with E-state index >= 15 is 0 Å². The van der Waals surface area contributed by atoms with Crippen molar-refractivity contribution in [2.45, 2.75) is 19.9 Å². The quantitative estimate of drug-likeness (QED) is 0.546. The number of nitrogens with zero attached hydrogens (tertiary/aromatic N) is 1. The molecule has 1 fully saturated rings. The van der Waals surface area contributed by atoms with Gasteiger partial charge in [-0.1, -0.05) is 0 Å². The van der Waals surface area contributed by atoms with Crippen LogP contribution < -0.4 is 5.32 Å². The summed E-state index contributed by atoms with van der Waals surface area (Å²) in [5.41, 5.74) is 0. The van der Waals surface area contributed by atoms with Gasteiger partial charge in [0, 0.05) is 0 Å². The molecule has 1 saturated heterocycles. The second-order valence-electron chi connectivity index (χ2n) is 3.57. The monoisotopic (exact) mass is 167 g/mol. The van der Waals surface area contributed by atoms with Gasteiger partial charge in [0.25, 0.3) is 0 Å². The minimum absolute atomic E-state index is 0.0461. The Bertz CT molecular complexity index is 172. The van der Waals surface area contributed by atoms with E-state index in [9.17, 15) is 5.11 Å². The summed E-state index contributed by atoms with van der Waals surface area (Å²) in [6, 6.07) is 0.323. The molecule has 12 heavy (non-hydrogen) atoms. The van der Waals surface area contributed by atoms with Crippen molar-refractivity contribution >= 4 is 13.3 Å². The molecule has 1 aliphatic rings. The van der Waals surface area contributed by atoms with Gasteiger partial charge in [-0.05, 0) is 0 Å². The maximum atomic E-state index is 9.19. The van der Waals surface area contributed by atoms with Gasteiger partial charge < -0.3 is 0 Å². The number of aliphatic hydroxyl groups is 1. The normalized spacial score (nSPS) is 24.5. The van der Waals surface area contributed by atoms with Crippen molar-refractivity contribution < 1.29 is 5.11 Å². The molecule has 0 aromatic heterocycles. The van der Waals surface area contributed by atoms with E-state index in [4.69, 9.17) is 7.49 Å². The minimum atomic E-state index is -0.0461. The fourth-order valence-electron chi connectivity index (χ4n) is 1.61. The average molecular weight is 167 g/mol. The van der Waals surface area contributed by atoms with Crippen molar-refractivity contribution in [3.63, 3.8) is 0 Å². The summed E-state index contributed by atoms with van der Waals surface area (Å²) in [7, 11) is 5.37.